The van der Waals surface area contributed by atoms with Crippen molar-refractivity contribution in [2.75, 3.05) is 6.61 Å². The molecule has 6 nitrogen and oxygen atoms in total. The van der Waals surface area contributed by atoms with Gasteiger partial charge in [-0.1, -0.05) is 30.3 Å². The first-order chi connectivity index (χ1) is 11.7. The predicted octanol–water partition coefficient (Wildman–Crippen LogP) is 2.27. The number of rotatable bonds is 6. The van der Waals surface area contributed by atoms with E-state index < -0.39 is 0 Å². The van der Waals surface area contributed by atoms with Crippen LogP contribution in [0.25, 0.3) is 5.69 Å². The number of hydrogen-bond donors (Lipinski definition) is 2. The van der Waals surface area contributed by atoms with Gasteiger partial charge in [-0.05, 0) is 23.8 Å². The summed E-state index contributed by atoms with van der Waals surface area (Å²) in [5.74, 6) is 0.0286. The molecule has 0 aliphatic rings. The van der Waals surface area contributed by atoms with E-state index in [0.717, 1.165) is 11.3 Å². The van der Waals surface area contributed by atoms with Crippen LogP contribution in [0.2, 0.25) is 0 Å². The first-order valence-corrected chi connectivity index (χ1v) is 7.48. The van der Waals surface area contributed by atoms with Crippen LogP contribution in [0.4, 0.5) is 0 Å². The molecule has 0 atom stereocenters. The van der Waals surface area contributed by atoms with Crippen LogP contribution in [0, 0.1) is 0 Å². The van der Waals surface area contributed by atoms with Gasteiger partial charge in [0.25, 0.3) is 5.91 Å². The van der Waals surface area contributed by atoms with Crippen LogP contribution in [-0.2, 0) is 11.3 Å². The van der Waals surface area contributed by atoms with Crippen molar-refractivity contribution < 1.29 is 14.6 Å². The number of imidazole rings is 1. The lowest BCUT2D eigenvalue weighted by Gasteiger charge is -2.12. The van der Waals surface area contributed by atoms with Crippen molar-refractivity contribution in [3.63, 3.8) is 0 Å². The molecule has 0 radical (unpaired) electrons. The molecule has 1 heterocycles. The number of carbonyl (C=O) groups is 1. The van der Waals surface area contributed by atoms with Gasteiger partial charge in [-0.3, -0.25) is 4.79 Å². The Bertz CT molecular complexity index is 816. The Labute approximate surface area is 139 Å². The summed E-state index contributed by atoms with van der Waals surface area (Å²) in [4.78, 5) is 16.0. The number of phenols is 1. The van der Waals surface area contributed by atoms with Gasteiger partial charge in [-0.2, -0.15) is 0 Å². The van der Waals surface area contributed by atoms with Crippen molar-refractivity contribution in [1.29, 1.82) is 0 Å². The molecule has 0 aliphatic carbocycles. The molecule has 2 aromatic carbocycles. The largest absolute Gasteiger partial charge is 0.504 e. The van der Waals surface area contributed by atoms with Gasteiger partial charge in [0.2, 0.25) is 0 Å². The molecule has 6 heteroatoms. The van der Waals surface area contributed by atoms with Crippen molar-refractivity contribution in [2.45, 2.75) is 6.54 Å². The minimum atomic E-state index is -0.265. The minimum absolute atomic E-state index is 0.00996. The maximum atomic E-state index is 12.0. The first-order valence-electron chi connectivity index (χ1n) is 7.48. The number of amides is 1. The molecule has 1 aromatic heterocycles. The van der Waals surface area contributed by atoms with E-state index in [9.17, 15) is 9.90 Å². The second-order valence-corrected chi connectivity index (χ2v) is 5.13. The zero-order valence-corrected chi connectivity index (χ0v) is 12.9. The number of aromatic nitrogens is 2. The minimum Gasteiger partial charge on any atom is -0.504 e. The van der Waals surface area contributed by atoms with Gasteiger partial charge >= 0.3 is 0 Å². The van der Waals surface area contributed by atoms with Crippen molar-refractivity contribution in [3.8, 4) is 17.2 Å². The van der Waals surface area contributed by atoms with Crippen molar-refractivity contribution in [2.24, 2.45) is 0 Å². The molecule has 122 valence electrons. The molecule has 3 aromatic rings. The van der Waals surface area contributed by atoms with E-state index in [2.05, 4.69) is 10.3 Å². The Kier molecular flexibility index (Phi) is 4.76. The molecular weight excluding hydrogens is 306 g/mol. The van der Waals surface area contributed by atoms with Crippen LogP contribution in [0.3, 0.4) is 0 Å². The fourth-order valence-electron chi connectivity index (χ4n) is 2.28. The number of benzene rings is 2. The third-order valence-corrected chi connectivity index (χ3v) is 3.47. The van der Waals surface area contributed by atoms with Crippen molar-refractivity contribution >= 4 is 5.91 Å². The number of nitrogens with one attached hydrogen (secondary N) is 1. The lowest BCUT2D eigenvalue weighted by Crippen LogP contribution is -2.28. The summed E-state index contributed by atoms with van der Waals surface area (Å²) in [5.41, 5.74) is 1.92. The quantitative estimate of drug-likeness (QED) is 0.729. The summed E-state index contributed by atoms with van der Waals surface area (Å²) >= 11 is 0. The summed E-state index contributed by atoms with van der Waals surface area (Å²) in [5, 5.41) is 12.4. The molecule has 0 aliphatic heterocycles. The van der Waals surface area contributed by atoms with E-state index in [1.165, 1.54) is 6.07 Å². The van der Waals surface area contributed by atoms with Gasteiger partial charge in [0.1, 0.15) is 0 Å². The third kappa shape index (κ3) is 3.73. The highest BCUT2D eigenvalue weighted by atomic mass is 16.5. The van der Waals surface area contributed by atoms with E-state index in [1.54, 1.807) is 30.7 Å². The van der Waals surface area contributed by atoms with Gasteiger partial charge < -0.3 is 19.7 Å². The second kappa shape index (κ2) is 7.32. The van der Waals surface area contributed by atoms with E-state index in [4.69, 9.17) is 4.74 Å². The zero-order valence-electron chi connectivity index (χ0n) is 12.9. The molecule has 0 unspecified atom stereocenters. The molecule has 3 rings (SSSR count). The van der Waals surface area contributed by atoms with Crippen LogP contribution in [0.1, 0.15) is 5.56 Å². The van der Waals surface area contributed by atoms with Crippen LogP contribution >= 0.6 is 0 Å². The van der Waals surface area contributed by atoms with Gasteiger partial charge in [0.15, 0.2) is 18.1 Å². The topological polar surface area (TPSA) is 76.4 Å². The Hall–Kier alpha value is -3.28. The third-order valence-electron chi connectivity index (χ3n) is 3.47. The van der Waals surface area contributed by atoms with Crippen LogP contribution in [0.5, 0.6) is 11.5 Å². The molecule has 0 saturated carbocycles. The molecular formula is C18H17N3O3. The summed E-state index contributed by atoms with van der Waals surface area (Å²) in [6.45, 7) is 0.210. The highest BCUT2D eigenvalue weighted by molar-refractivity contribution is 5.77. The zero-order chi connectivity index (χ0) is 16.8. The number of nitrogens with zero attached hydrogens (tertiary/aromatic N) is 2. The van der Waals surface area contributed by atoms with Crippen LogP contribution < -0.4 is 10.1 Å². The first kappa shape index (κ1) is 15.6. The Balaban J connectivity index is 1.58. The van der Waals surface area contributed by atoms with Gasteiger partial charge in [0, 0.05) is 18.9 Å². The Morgan fingerprint density at radius 2 is 1.96 bits per heavy atom. The van der Waals surface area contributed by atoms with E-state index in [1.807, 2.05) is 35.0 Å². The molecule has 1 amide bonds. The molecule has 0 saturated heterocycles. The lowest BCUT2D eigenvalue weighted by atomic mass is 10.1. The maximum Gasteiger partial charge on any atom is 0.258 e. The van der Waals surface area contributed by atoms with E-state index >= 15 is 0 Å². The number of aromatic hydroxyl groups is 1. The fourth-order valence-corrected chi connectivity index (χ4v) is 2.28. The molecule has 0 fully saturated rings. The molecule has 24 heavy (non-hydrogen) atoms. The monoisotopic (exact) mass is 323 g/mol. The average Bonchev–Trinajstić information content (AvgIpc) is 3.14. The van der Waals surface area contributed by atoms with Crippen molar-refractivity contribution in [1.82, 2.24) is 14.9 Å². The predicted molar refractivity (Wildman–Crippen MR) is 89.0 cm³/mol. The number of ether oxygens (including phenoxy) is 1. The van der Waals surface area contributed by atoms with Crippen molar-refractivity contribution in [3.05, 3.63) is 72.8 Å². The van der Waals surface area contributed by atoms with Gasteiger partial charge in [0.05, 0.1) is 12.0 Å². The summed E-state index contributed by atoms with van der Waals surface area (Å²) < 4.78 is 7.20. The number of carbonyl (C=O) groups excluding carboxylic acids is 1. The Morgan fingerprint density at radius 1 is 1.17 bits per heavy atom. The smallest absolute Gasteiger partial charge is 0.258 e. The highest BCUT2D eigenvalue weighted by Crippen LogP contribution is 2.24. The van der Waals surface area contributed by atoms with E-state index in [0.29, 0.717) is 6.54 Å². The van der Waals surface area contributed by atoms with Gasteiger partial charge in [-0.15, -0.1) is 0 Å². The normalized spacial score (nSPS) is 10.3. The molecule has 2 N–H and O–H groups in total. The number of phenolic OH excluding ortho intramolecular Hbond substituents is 1. The Morgan fingerprint density at radius 3 is 2.75 bits per heavy atom. The lowest BCUT2D eigenvalue weighted by molar-refractivity contribution is -0.123. The average molecular weight is 323 g/mol. The van der Waals surface area contributed by atoms with Crippen LogP contribution in [-0.4, -0.2) is 27.2 Å². The van der Waals surface area contributed by atoms with Crippen LogP contribution in [0.15, 0.2) is 67.3 Å². The SMILES string of the molecule is O=C(COc1ccccc1O)NCc1ccccc1-n1ccnc1. The second-order valence-electron chi connectivity index (χ2n) is 5.13. The standard InChI is InChI=1S/C18H17N3O3/c22-16-7-3-4-8-17(16)24-12-18(23)20-11-14-5-1-2-6-15(14)21-10-9-19-13-21/h1-10,13,22H,11-12H2,(H,20,23). The maximum absolute atomic E-state index is 12.0. The van der Waals surface area contributed by atoms with E-state index in [-0.39, 0.29) is 24.0 Å². The summed E-state index contributed by atoms with van der Waals surface area (Å²) in [7, 11) is 0. The fraction of sp³-hybridized carbons (Fsp3) is 0.111. The van der Waals surface area contributed by atoms with Gasteiger partial charge in [-0.25, -0.2) is 4.98 Å². The molecule has 0 spiro atoms. The summed E-state index contributed by atoms with van der Waals surface area (Å²) in [6.07, 6.45) is 5.26. The highest BCUT2D eigenvalue weighted by Gasteiger charge is 2.08. The summed E-state index contributed by atoms with van der Waals surface area (Å²) in [6, 6.07) is 14.3. The number of hydrogen-bond acceptors (Lipinski definition) is 4. The number of para-hydroxylation sites is 3. The molecule has 0 bridgehead atoms.